The molecular formula is C26H33N3O7. The molecule has 1 amide bonds. The van der Waals surface area contributed by atoms with Gasteiger partial charge >= 0.3 is 0 Å². The third-order valence-electron chi connectivity index (χ3n) is 7.53. The first-order valence-electron chi connectivity index (χ1n) is 12.0. The van der Waals surface area contributed by atoms with Gasteiger partial charge in [-0.1, -0.05) is 13.8 Å². The summed E-state index contributed by atoms with van der Waals surface area (Å²) in [6, 6.07) is 1.81. The van der Waals surface area contributed by atoms with Gasteiger partial charge in [0.25, 0.3) is 5.91 Å². The summed E-state index contributed by atoms with van der Waals surface area (Å²) in [5.74, 6) is -5.84. The second kappa shape index (κ2) is 8.94. The van der Waals surface area contributed by atoms with Crippen molar-refractivity contribution in [2.24, 2.45) is 23.5 Å². The molecule has 3 aliphatic rings. The Morgan fingerprint density at radius 3 is 2.50 bits per heavy atom. The summed E-state index contributed by atoms with van der Waals surface area (Å²) >= 11 is 0. The van der Waals surface area contributed by atoms with Crippen LogP contribution in [0.4, 0.5) is 5.69 Å². The van der Waals surface area contributed by atoms with Gasteiger partial charge in [0.2, 0.25) is 5.78 Å². The fraction of sp³-hybridized carbons (Fsp3) is 0.500. The van der Waals surface area contributed by atoms with E-state index >= 15 is 0 Å². The second-order valence-corrected chi connectivity index (χ2v) is 10.5. The standard InChI is InChI=1S/C26H33N3O7/c1-11(2)9-29(4)10-13-7-16(28-3)15-6-12-5-14-8-17(30)20(25(27)35)24(34)26(14,36)23(33)18(12)22(32)19(15)21(13)31/h7,11-12,14,28,30-31,33,36H,5-6,8-10H2,1-4H3,(H2,27,35)/t12-,14+,26+/m1/s1. The number of phenols is 1. The van der Waals surface area contributed by atoms with Crippen LogP contribution in [0.3, 0.4) is 0 Å². The Morgan fingerprint density at radius 2 is 1.92 bits per heavy atom. The molecule has 1 aromatic carbocycles. The zero-order chi connectivity index (χ0) is 26.7. The van der Waals surface area contributed by atoms with Crippen LogP contribution in [0.1, 0.15) is 48.2 Å². The fourth-order valence-electron chi connectivity index (χ4n) is 6.07. The van der Waals surface area contributed by atoms with Crippen LogP contribution in [0.2, 0.25) is 0 Å². The zero-order valence-corrected chi connectivity index (χ0v) is 20.9. The minimum absolute atomic E-state index is 0.0198. The first-order valence-corrected chi connectivity index (χ1v) is 12.0. The third kappa shape index (κ3) is 3.75. The maximum absolute atomic E-state index is 13.8. The van der Waals surface area contributed by atoms with Crippen molar-refractivity contribution in [1.82, 2.24) is 4.90 Å². The molecule has 0 unspecified atom stereocenters. The van der Waals surface area contributed by atoms with Gasteiger partial charge in [0.15, 0.2) is 11.4 Å². The van der Waals surface area contributed by atoms with E-state index in [9.17, 15) is 34.8 Å². The fourth-order valence-corrected chi connectivity index (χ4v) is 6.07. The van der Waals surface area contributed by atoms with Gasteiger partial charge in [-0.3, -0.25) is 14.4 Å². The van der Waals surface area contributed by atoms with Gasteiger partial charge in [0, 0.05) is 49.3 Å². The van der Waals surface area contributed by atoms with Gasteiger partial charge in [-0.2, -0.15) is 0 Å². The number of hydrogen-bond acceptors (Lipinski definition) is 9. The molecule has 4 rings (SSSR count). The molecule has 0 aliphatic heterocycles. The highest BCUT2D eigenvalue weighted by molar-refractivity contribution is 6.24. The highest BCUT2D eigenvalue weighted by Gasteiger charge is 2.59. The largest absolute Gasteiger partial charge is 0.511 e. The Morgan fingerprint density at radius 1 is 1.25 bits per heavy atom. The van der Waals surface area contributed by atoms with E-state index in [0.717, 1.165) is 6.54 Å². The van der Waals surface area contributed by atoms with E-state index in [1.54, 1.807) is 7.05 Å². The monoisotopic (exact) mass is 499 g/mol. The predicted molar refractivity (Wildman–Crippen MR) is 132 cm³/mol. The highest BCUT2D eigenvalue weighted by Crippen LogP contribution is 2.52. The minimum Gasteiger partial charge on any atom is -0.511 e. The van der Waals surface area contributed by atoms with E-state index in [4.69, 9.17) is 5.73 Å². The molecule has 0 saturated carbocycles. The van der Waals surface area contributed by atoms with Crippen LogP contribution in [0.5, 0.6) is 5.75 Å². The lowest BCUT2D eigenvalue weighted by molar-refractivity contribution is -0.144. The molecule has 0 heterocycles. The number of nitrogens with zero attached hydrogens (tertiary/aromatic N) is 1. The number of Topliss-reactive ketones (excluding diaryl/α,β-unsaturated/α-hetero) is 2. The number of nitrogens with two attached hydrogens (primary N) is 1. The molecule has 10 nitrogen and oxygen atoms in total. The van der Waals surface area contributed by atoms with Crippen molar-refractivity contribution in [3.8, 4) is 5.75 Å². The molecule has 0 bridgehead atoms. The van der Waals surface area contributed by atoms with Gasteiger partial charge in [0.1, 0.15) is 22.8 Å². The second-order valence-electron chi connectivity index (χ2n) is 10.5. The van der Waals surface area contributed by atoms with Crippen LogP contribution in [0.15, 0.2) is 28.7 Å². The summed E-state index contributed by atoms with van der Waals surface area (Å²) in [5.41, 5.74) is 3.53. The van der Waals surface area contributed by atoms with Crippen molar-refractivity contribution in [2.45, 2.75) is 45.3 Å². The van der Waals surface area contributed by atoms with E-state index in [1.165, 1.54) is 0 Å². The number of nitrogens with one attached hydrogen (secondary N) is 1. The van der Waals surface area contributed by atoms with Crippen molar-refractivity contribution in [1.29, 1.82) is 0 Å². The van der Waals surface area contributed by atoms with E-state index in [2.05, 4.69) is 19.2 Å². The van der Waals surface area contributed by atoms with Crippen molar-refractivity contribution in [3.05, 3.63) is 45.4 Å². The van der Waals surface area contributed by atoms with Crippen LogP contribution in [-0.4, -0.2) is 69.0 Å². The molecule has 3 atom stereocenters. The molecule has 3 aliphatic carbocycles. The molecule has 0 aromatic heterocycles. The highest BCUT2D eigenvalue weighted by atomic mass is 16.3. The summed E-state index contributed by atoms with van der Waals surface area (Å²) < 4.78 is 0. The normalized spacial score (nSPS) is 25.8. The quantitative estimate of drug-likeness (QED) is 0.251. The van der Waals surface area contributed by atoms with Crippen LogP contribution in [-0.2, 0) is 22.6 Å². The van der Waals surface area contributed by atoms with Crippen LogP contribution in [0.25, 0.3) is 0 Å². The number of allylic oxidation sites excluding steroid dienone is 2. The van der Waals surface area contributed by atoms with Crippen LogP contribution in [0, 0.1) is 17.8 Å². The lowest BCUT2D eigenvalue weighted by Gasteiger charge is -2.45. The first kappa shape index (κ1) is 25.7. The molecule has 7 N–H and O–H groups in total. The molecule has 1 aromatic rings. The number of carbonyl (C=O) groups excluding carboxylic acids is 3. The van der Waals surface area contributed by atoms with Gasteiger partial charge in [-0.15, -0.1) is 0 Å². The number of aliphatic hydroxyl groups is 3. The first-order chi connectivity index (χ1) is 16.8. The van der Waals surface area contributed by atoms with E-state index in [-0.39, 0.29) is 36.1 Å². The summed E-state index contributed by atoms with van der Waals surface area (Å²) in [7, 11) is 3.63. The Balaban J connectivity index is 1.84. The Hall–Kier alpha value is -3.37. The van der Waals surface area contributed by atoms with Crippen LogP contribution >= 0.6 is 0 Å². The number of carbonyl (C=O) groups is 3. The van der Waals surface area contributed by atoms with Crippen molar-refractivity contribution < 1.29 is 34.8 Å². The number of fused-ring (bicyclic) bond motifs is 3. The maximum atomic E-state index is 13.8. The average molecular weight is 500 g/mol. The Kier molecular flexibility index (Phi) is 6.38. The number of anilines is 1. The molecule has 0 radical (unpaired) electrons. The number of hydrogen-bond donors (Lipinski definition) is 6. The van der Waals surface area contributed by atoms with Crippen LogP contribution < -0.4 is 11.1 Å². The van der Waals surface area contributed by atoms with Crippen molar-refractivity contribution >= 4 is 23.2 Å². The summed E-state index contributed by atoms with van der Waals surface area (Å²) in [5, 5.41) is 47.1. The van der Waals surface area contributed by atoms with Gasteiger partial charge < -0.3 is 36.4 Å². The van der Waals surface area contributed by atoms with Crippen molar-refractivity contribution in [3.63, 3.8) is 0 Å². The molecule has 0 saturated heterocycles. The number of ketones is 2. The van der Waals surface area contributed by atoms with E-state index in [1.807, 2.05) is 18.0 Å². The van der Waals surface area contributed by atoms with E-state index in [0.29, 0.717) is 29.3 Å². The number of primary amides is 1. The zero-order valence-electron chi connectivity index (χ0n) is 20.9. The number of benzene rings is 1. The molecule has 0 fully saturated rings. The Labute approximate surface area is 209 Å². The van der Waals surface area contributed by atoms with E-state index < -0.39 is 52.0 Å². The van der Waals surface area contributed by atoms with Gasteiger partial charge in [-0.25, -0.2) is 0 Å². The Bertz CT molecular complexity index is 1230. The molecular weight excluding hydrogens is 466 g/mol. The molecule has 194 valence electrons. The maximum Gasteiger partial charge on any atom is 0.255 e. The summed E-state index contributed by atoms with van der Waals surface area (Å²) in [6.07, 6.45) is 0.118. The smallest absolute Gasteiger partial charge is 0.255 e. The topological polar surface area (TPSA) is 173 Å². The number of aliphatic hydroxyl groups excluding tert-OH is 2. The summed E-state index contributed by atoms with van der Waals surface area (Å²) in [4.78, 5) is 40.6. The lowest BCUT2D eigenvalue weighted by Crippen LogP contribution is -2.57. The summed E-state index contributed by atoms with van der Waals surface area (Å²) in [6.45, 7) is 5.30. The number of aromatic hydroxyl groups is 1. The van der Waals surface area contributed by atoms with Gasteiger partial charge in [0.05, 0.1) is 5.56 Å². The average Bonchev–Trinajstić information content (AvgIpc) is 2.77. The lowest BCUT2D eigenvalue weighted by atomic mass is 9.60. The van der Waals surface area contributed by atoms with Crippen molar-refractivity contribution in [2.75, 3.05) is 26.0 Å². The predicted octanol–water partition coefficient (Wildman–Crippen LogP) is 1.71. The number of phenolic OH excluding ortho intramolecular Hbond substituents is 1. The van der Waals surface area contributed by atoms with Gasteiger partial charge in [-0.05, 0) is 43.4 Å². The molecule has 36 heavy (non-hydrogen) atoms. The molecule has 0 spiro atoms. The third-order valence-corrected chi connectivity index (χ3v) is 7.53. The number of rotatable bonds is 6. The number of amides is 1. The SMILES string of the molecule is CNc1cc(CN(C)CC(C)C)c(O)c2c1C[C@H]1C[C@H]3CC(O)=C(C(N)=O)C(=O)[C@@]3(O)C(O)=C1C2=O. The minimum atomic E-state index is -2.56. The molecule has 10 heteroatoms.